The Balaban J connectivity index is 2.50. The zero-order chi connectivity index (χ0) is 12.0. The van der Waals surface area contributed by atoms with Gasteiger partial charge in [-0.3, -0.25) is 4.79 Å². The Morgan fingerprint density at radius 1 is 1.50 bits per heavy atom. The van der Waals surface area contributed by atoms with E-state index < -0.39 is 0 Å². The van der Waals surface area contributed by atoms with Crippen LogP contribution in [-0.4, -0.2) is 43.2 Å². The minimum absolute atomic E-state index is 0.0163. The first-order valence-corrected chi connectivity index (χ1v) is 5.14. The molecule has 0 saturated heterocycles. The van der Waals surface area contributed by atoms with Crippen molar-refractivity contribution in [3.05, 3.63) is 29.8 Å². The number of benzene rings is 1. The number of hydrogen-bond donors (Lipinski definition) is 1. The van der Waals surface area contributed by atoms with E-state index >= 15 is 0 Å². The molecule has 4 heteroatoms. The summed E-state index contributed by atoms with van der Waals surface area (Å²) < 4.78 is 4.90. The van der Waals surface area contributed by atoms with Crippen molar-refractivity contribution in [1.29, 1.82) is 0 Å². The van der Waals surface area contributed by atoms with Gasteiger partial charge in [0.2, 0.25) is 5.91 Å². The van der Waals surface area contributed by atoms with Gasteiger partial charge in [-0.05, 0) is 17.7 Å². The number of phenolic OH excluding ortho intramolecular Hbond substituents is 1. The lowest BCUT2D eigenvalue weighted by Crippen LogP contribution is -2.31. The van der Waals surface area contributed by atoms with Crippen LogP contribution in [0.15, 0.2) is 24.3 Å². The van der Waals surface area contributed by atoms with Gasteiger partial charge in [-0.1, -0.05) is 12.1 Å². The third kappa shape index (κ3) is 3.90. The molecule has 0 unspecified atom stereocenters. The van der Waals surface area contributed by atoms with Gasteiger partial charge in [0, 0.05) is 20.7 Å². The number of methoxy groups -OCH3 is 1. The van der Waals surface area contributed by atoms with Crippen molar-refractivity contribution in [3.8, 4) is 5.75 Å². The van der Waals surface area contributed by atoms with Crippen LogP contribution in [0.5, 0.6) is 5.75 Å². The summed E-state index contributed by atoms with van der Waals surface area (Å²) in [6.07, 6.45) is 0.300. The fourth-order valence-electron chi connectivity index (χ4n) is 1.33. The lowest BCUT2D eigenvalue weighted by atomic mass is 10.1. The van der Waals surface area contributed by atoms with Gasteiger partial charge in [-0.25, -0.2) is 0 Å². The number of amides is 1. The maximum absolute atomic E-state index is 11.7. The Kier molecular flexibility index (Phi) is 4.79. The first-order valence-electron chi connectivity index (χ1n) is 5.14. The molecule has 0 radical (unpaired) electrons. The number of phenols is 1. The number of aromatic hydroxyl groups is 1. The van der Waals surface area contributed by atoms with E-state index in [0.29, 0.717) is 19.6 Å². The Morgan fingerprint density at radius 2 is 2.25 bits per heavy atom. The molecule has 0 saturated carbocycles. The van der Waals surface area contributed by atoms with Gasteiger partial charge in [0.25, 0.3) is 0 Å². The zero-order valence-electron chi connectivity index (χ0n) is 9.64. The van der Waals surface area contributed by atoms with E-state index in [9.17, 15) is 9.90 Å². The number of ether oxygens (including phenoxy) is 1. The fourth-order valence-corrected chi connectivity index (χ4v) is 1.33. The molecule has 0 spiro atoms. The second-order valence-electron chi connectivity index (χ2n) is 3.65. The quantitative estimate of drug-likeness (QED) is 0.811. The zero-order valence-corrected chi connectivity index (χ0v) is 9.64. The molecule has 1 N–H and O–H groups in total. The number of likely N-dealkylation sites (N-methyl/N-ethyl adjacent to an activating group) is 1. The lowest BCUT2D eigenvalue weighted by Gasteiger charge is -2.16. The van der Waals surface area contributed by atoms with Crippen LogP contribution >= 0.6 is 0 Å². The van der Waals surface area contributed by atoms with E-state index in [1.807, 2.05) is 6.07 Å². The summed E-state index contributed by atoms with van der Waals surface area (Å²) in [6, 6.07) is 6.74. The predicted molar refractivity (Wildman–Crippen MR) is 61.3 cm³/mol. The van der Waals surface area contributed by atoms with Crippen molar-refractivity contribution in [2.24, 2.45) is 0 Å². The summed E-state index contributed by atoms with van der Waals surface area (Å²) in [6.45, 7) is 1.11. The molecule has 1 amide bonds. The maximum Gasteiger partial charge on any atom is 0.226 e. The van der Waals surface area contributed by atoms with Crippen molar-refractivity contribution in [3.63, 3.8) is 0 Å². The molecule has 0 bridgehead atoms. The summed E-state index contributed by atoms with van der Waals surface area (Å²) in [7, 11) is 3.34. The molecule has 0 fully saturated rings. The highest BCUT2D eigenvalue weighted by Crippen LogP contribution is 2.11. The Bertz CT molecular complexity index is 352. The van der Waals surface area contributed by atoms with E-state index in [2.05, 4.69) is 0 Å². The van der Waals surface area contributed by atoms with Gasteiger partial charge in [-0.2, -0.15) is 0 Å². The van der Waals surface area contributed by atoms with E-state index in [1.54, 1.807) is 37.3 Å². The van der Waals surface area contributed by atoms with Crippen molar-refractivity contribution in [1.82, 2.24) is 4.90 Å². The molecule has 4 nitrogen and oxygen atoms in total. The van der Waals surface area contributed by atoms with Crippen molar-refractivity contribution in [2.75, 3.05) is 27.3 Å². The van der Waals surface area contributed by atoms with Crippen LogP contribution in [0.3, 0.4) is 0 Å². The summed E-state index contributed by atoms with van der Waals surface area (Å²) in [5.41, 5.74) is 0.814. The number of rotatable bonds is 5. The van der Waals surface area contributed by atoms with Gasteiger partial charge in [-0.15, -0.1) is 0 Å². The molecule has 1 aromatic rings. The topological polar surface area (TPSA) is 49.8 Å². The largest absolute Gasteiger partial charge is 0.508 e. The molecule has 1 rings (SSSR count). The highest BCUT2D eigenvalue weighted by Gasteiger charge is 2.09. The monoisotopic (exact) mass is 223 g/mol. The van der Waals surface area contributed by atoms with Crippen molar-refractivity contribution in [2.45, 2.75) is 6.42 Å². The molecule has 0 atom stereocenters. The summed E-state index contributed by atoms with van der Waals surface area (Å²) in [4.78, 5) is 13.3. The summed E-state index contributed by atoms with van der Waals surface area (Å²) >= 11 is 0. The number of nitrogens with zero attached hydrogens (tertiary/aromatic N) is 1. The van der Waals surface area contributed by atoms with Gasteiger partial charge in [0.1, 0.15) is 5.75 Å². The van der Waals surface area contributed by atoms with Crippen molar-refractivity contribution < 1.29 is 14.6 Å². The van der Waals surface area contributed by atoms with E-state index in [0.717, 1.165) is 5.56 Å². The highest BCUT2D eigenvalue weighted by atomic mass is 16.5. The number of hydrogen-bond acceptors (Lipinski definition) is 3. The van der Waals surface area contributed by atoms with E-state index in [-0.39, 0.29) is 11.7 Å². The average molecular weight is 223 g/mol. The molecular formula is C12H17NO3. The van der Waals surface area contributed by atoms with Crippen molar-refractivity contribution >= 4 is 5.91 Å². The van der Waals surface area contributed by atoms with E-state index in [1.165, 1.54) is 0 Å². The second-order valence-corrected chi connectivity index (χ2v) is 3.65. The second kappa shape index (κ2) is 6.12. The first-order chi connectivity index (χ1) is 7.63. The standard InChI is InChI=1S/C12H17NO3/c1-13(6-7-16-2)12(15)9-10-4-3-5-11(14)8-10/h3-5,8,14H,6-7,9H2,1-2H3. The molecule has 0 aliphatic carbocycles. The van der Waals surface area contributed by atoms with Crippen LogP contribution in [0.25, 0.3) is 0 Å². The first kappa shape index (κ1) is 12.5. The minimum Gasteiger partial charge on any atom is -0.508 e. The minimum atomic E-state index is 0.0163. The summed E-state index contributed by atoms with van der Waals surface area (Å²) in [5, 5.41) is 9.26. The predicted octanol–water partition coefficient (Wildman–Crippen LogP) is 1.04. The third-order valence-electron chi connectivity index (χ3n) is 2.32. The van der Waals surface area contributed by atoms with Gasteiger partial charge < -0.3 is 14.7 Å². The smallest absolute Gasteiger partial charge is 0.226 e. The highest BCUT2D eigenvalue weighted by molar-refractivity contribution is 5.78. The molecule has 0 heterocycles. The van der Waals surface area contributed by atoms with Crippen LogP contribution in [-0.2, 0) is 16.0 Å². The van der Waals surface area contributed by atoms with Crippen LogP contribution in [0.4, 0.5) is 0 Å². The van der Waals surface area contributed by atoms with Crippen LogP contribution in [0.1, 0.15) is 5.56 Å². The van der Waals surface area contributed by atoms with Crippen LogP contribution in [0.2, 0.25) is 0 Å². The normalized spacial score (nSPS) is 10.1. The van der Waals surface area contributed by atoms with E-state index in [4.69, 9.17) is 4.74 Å². The molecule has 0 aliphatic heterocycles. The average Bonchev–Trinajstić information content (AvgIpc) is 2.25. The third-order valence-corrected chi connectivity index (χ3v) is 2.32. The lowest BCUT2D eigenvalue weighted by molar-refractivity contribution is -0.129. The Labute approximate surface area is 95.5 Å². The Hall–Kier alpha value is -1.55. The van der Waals surface area contributed by atoms with Crippen LogP contribution in [0, 0.1) is 0 Å². The van der Waals surface area contributed by atoms with Gasteiger partial charge in [0.05, 0.1) is 13.0 Å². The molecule has 0 aliphatic rings. The van der Waals surface area contributed by atoms with Gasteiger partial charge >= 0.3 is 0 Å². The summed E-state index contributed by atoms with van der Waals surface area (Å²) in [5.74, 6) is 0.201. The fraction of sp³-hybridized carbons (Fsp3) is 0.417. The molecule has 1 aromatic carbocycles. The SMILES string of the molecule is COCCN(C)C(=O)Cc1cccc(O)c1. The number of carbonyl (C=O) groups excluding carboxylic acids is 1. The molecule has 0 aromatic heterocycles. The molecule has 16 heavy (non-hydrogen) atoms. The molecular weight excluding hydrogens is 206 g/mol. The number of carbonyl (C=O) groups is 1. The van der Waals surface area contributed by atoms with Gasteiger partial charge in [0.15, 0.2) is 0 Å². The molecule has 88 valence electrons. The van der Waals surface area contributed by atoms with Crippen LogP contribution < -0.4 is 0 Å². The Morgan fingerprint density at radius 3 is 2.88 bits per heavy atom. The maximum atomic E-state index is 11.7.